The van der Waals surface area contributed by atoms with E-state index >= 15 is 0 Å². The minimum atomic E-state index is -2.55. The van der Waals surface area contributed by atoms with E-state index in [1.165, 1.54) is 0 Å². The average molecular weight is 661 g/mol. The molecule has 0 spiro atoms. The summed E-state index contributed by atoms with van der Waals surface area (Å²) in [7, 11) is 0. The van der Waals surface area contributed by atoms with Gasteiger partial charge in [-0.3, -0.25) is 19.2 Å². The number of Topliss-reactive ketones (excluding diaryl/α,β-unsaturated/α-hetero) is 2. The summed E-state index contributed by atoms with van der Waals surface area (Å²) in [6.07, 6.45) is 1.34. The van der Waals surface area contributed by atoms with Gasteiger partial charge in [-0.25, -0.2) is 4.79 Å². The Balaban J connectivity index is 1.45. The molecular weight excluding hydrogens is 620 g/mol. The average Bonchev–Trinajstić information content (AvgIpc) is 3.67. The first-order valence-electron chi connectivity index (χ1n) is 16.5. The summed E-state index contributed by atoms with van der Waals surface area (Å²) in [6, 6.07) is 30.9. The molecule has 0 saturated carbocycles. The Morgan fingerprint density at radius 1 is 0.796 bits per heavy atom. The number of benzene rings is 4. The first-order chi connectivity index (χ1) is 23.7. The van der Waals surface area contributed by atoms with Crippen LogP contribution in [0.25, 0.3) is 11.1 Å². The van der Waals surface area contributed by atoms with Gasteiger partial charge in [0.25, 0.3) is 0 Å². The van der Waals surface area contributed by atoms with Crippen molar-refractivity contribution >= 4 is 29.4 Å². The van der Waals surface area contributed by atoms with E-state index in [4.69, 9.17) is 4.74 Å². The zero-order chi connectivity index (χ0) is 34.8. The molecule has 252 valence electrons. The van der Waals surface area contributed by atoms with Gasteiger partial charge in [-0.1, -0.05) is 110 Å². The van der Waals surface area contributed by atoms with Gasteiger partial charge in [0.1, 0.15) is 6.04 Å². The number of rotatable bonds is 15. The van der Waals surface area contributed by atoms with Crippen LogP contribution >= 0.6 is 0 Å². The van der Waals surface area contributed by atoms with Crippen molar-refractivity contribution < 1.29 is 33.8 Å². The topological polar surface area (TPSA) is 139 Å². The molecule has 0 aromatic heterocycles. The van der Waals surface area contributed by atoms with E-state index in [0.29, 0.717) is 41.6 Å². The molecule has 1 saturated heterocycles. The Bertz CT molecular complexity index is 1730. The van der Waals surface area contributed by atoms with E-state index in [-0.39, 0.29) is 24.8 Å². The van der Waals surface area contributed by atoms with Crippen molar-refractivity contribution in [1.82, 2.24) is 10.6 Å². The molecule has 49 heavy (non-hydrogen) atoms. The number of amides is 1. The van der Waals surface area contributed by atoms with E-state index in [0.717, 1.165) is 12.0 Å². The highest BCUT2D eigenvalue weighted by Gasteiger charge is 2.51. The van der Waals surface area contributed by atoms with Crippen molar-refractivity contribution in [2.24, 2.45) is 5.92 Å². The van der Waals surface area contributed by atoms with Crippen LogP contribution < -0.4 is 10.6 Å². The highest BCUT2D eigenvalue weighted by molar-refractivity contribution is 6.14. The summed E-state index contributed by atoms with van der Waals surface area (Å²) >= 11 is 0. The van der Waals surface area contributed by atoms with E-state index in [2.05, 4.69) is 10.6 Å². The fourth-order valence-corrected chi connectivity index (χ4v) is 6.08. The summed E-state index contributed by atoms with van der Waals surface area (Å²) in [5.74, 6) is -4.57. The van der Waals surface area contributed by atoms with Crippen molar-refractivity contribution in [2.75, 3.05) is 6.54 Å². The van der Waals surface area contributed by atoms with Crippen LogP contribution in [0.1, 0.15) is 53.2 Å². The van der Waals surface area contributed by atoms with Crippen LogP contribution in [0, 0.1) is 5.92 Å². The molecule has 0 bridgehead atoms. The first-order valence-corrected chi connectivity index (χ1v) is 16.5. The Kier molecular flexibility index (Phi) is 11.5. The van der Waals surface area contributed by atoms with E-state index in [1.807, 2.05) is 19.1 Å². The maximum absolute atomic E-state index is 14.3. The second kappa shape index (κ2) is 16.1. The highest BCUT2D eigenvalue weighted by Crippen LogP contribution is 2.26. The molecule has 3 N–H and O–H groups in total. The summed E-state index contributed by atoms with van der Waals surface area (Å²) in [6.45, 7) is 2.42. The van der Waals surface area contributed by atoms with Crippen molar-refractivity contribution in [3.8, 4) is 11.1 Å². The number of esters is 1. The van der Waals surface area contributed by atoms with E-state index in [9.17, 15) is 29.1 Å². The minimum absolute atomic E-state index is 0.181. The Labute approximate surface area is 285 Å². The van der Waals surface area contributed by atoms with Crippen LogP contribution in [0.2, 0.25) is 0 Å². The molecule has 1 aliphatic heterocycles. The minimum Gasteiger partial charge on any atom is -0.478 e. The number of ketones is 2. The van der Waals surface area contributed by atoms with Crippen LogP contribution in [0.5, 0.6) is 0 Å². The summed E-state index contributed by atoms with van der Waals surface area (Å²) in [5.41, 5.74) is 0.910. The predicted octanol–water partition coefficient (Wildman–Crippen LogP) is 5.35. The van der Waals surface area contributed by atoms with Crippen molar-refractivity contribution in [2.45, 2.75) is 57.2 Å². The number of carbonyl (C=O) groups excluding carboxylic acids is 4. The smallest absolute Gasteiger partial charge is 0.336 e. The molecule has 9 heteroatoms. The number of aromatic carboxylic acids is 1. The van der Waals surface area contributed by atoms with Crippen molar-refractivity contribution in [3.05, 3.63) is 131 Å². The first kappa shape index (κ1) is 34.9. The lowest BCUT2D eigenvalue weighted by Gasteiger charge is -2.34. The molecule has 1 amide bonds. The van der Waals surface area contributed by atoms with Crippen LogP contribution in [-0.4, -0.2) is 52.8 Å². The molecule has 1 aliphatic rings. The molecular formula is C40H40N2O7. The van der Waals surface area contributed by atoms with Gasteiger partial charge in [-0.05, 0) is 66.1 Å². The fourth-order valence-electron chi connectivity index (χ4n) is 6.08. The van der Waals surface area contributed by atoms with Gasteiger partial charge >= 0.3 is 17.7 Å². The number of hydrogen-bond donors (Lipinski definition) is 3. The number of carboxylic acid groups (broad SMARTS) is 1. The normalized spacial score (nSPS) is 14.8. The van der Waals surface area contributed by atoms with Gasteiger partial charge in [0.05, 0.1) is 5.56 Å². The molecule has 5 rings (SSSR count). The van der Waals surface area contributed by atoms with E-state index in [1.54, 1.807) is 97.1 Å². The standard InChI is InChI=1S/C40H40N2O7/c1-2-30(24-29-19-21-31(22-20-29)32-16-9-10-17-33(32)38(46)47)37(45)42-40(49-39(48)34-18-11-23-41-34,35(43)25-27-12-5-3-6-13-27)36(44)26-28-14-7-4-8-15-28/h3-10,12-17,19-22,30,34,41H,2,11,18,23-26H2,1H3,(H,42,45)(H,46,47)/t30-,34-/m0/s1. The Morgan fingerprint density at radius 2 is 1.37 bits per heavy atom. The van der Waals surface area contributed by atoms with Crippen LogP contribution in [0.15, 0.2) is 109 Å². The lowest BCUT2D eigenvalue weighted by molar-refractivity contribution is -0.180. The second-order valence-electron chi connectivity index (χ2n) is 12.3. The third-order valence-corrected chi connectivity index (χ3v) is 8.87. The van der Waals surface area contributed by atoms with E-state index < -0.39 is 47.1 Å². The SMILES string of the molecule is CC[C@@H](Cc1ccc(-c2ccccc2C(=O)O)cc1)C(=O)NC(OC(=O)[C@@H]1CCCN1)(C(=O)Cc1ccccc1)C(=O)Cc1ccccc1. The van der Waals surface area contributed by atoms with Gasteiger partial charge < -0.3 is 20.5 Å². The van der Waals surface area contributed by atoms with Crippen LogP contribution in [0.3, 0.4) is 0 Å². The Morgan fingerprint density at radius 3 is 1.90 bits per heavy atom. The van der Waals surface area contributed by atoms with Crippen LogP contribution in [-0.2, 0) is 43.2 Å². The third-order valence-electron chi connectivity index (χ3n) is 8.87. The second-order valence-corrected chi connectivity index (χ2v) is 12.3. The molecule has 1 fully saturated rings. The molecule has 2 atom stereocenters. The number of carboxylic acids is 1. The molecule has 0 aliphatic carbocycles. The lowest BCUT2D eigenvalue weighted by atomic mass is 9.90. The zero-order valence-electron chi connectivity index (χ0n) is 27.4. The zero-order valence-corrected chi connectivity index (χ0v) is 27.4. The summed E-state index contributed by atoms with van der Waals surface area (Å²) in [4.78, 5) is 68.0. The van der Waals surface area contributed by atoms with Gasteiger partial charge in [-0.2, -0.15) is 0 Å². The highest BCUT2D eigenvalue weighted by atomic mass is 16.6. The maximum Gasteiger partial charge on any atom is 0.336 e. The fraction of sp³-hybridized carbons (Fsp3) is 0.275. The monoisotopic (exact) mass is 660 g/mol. The molecule has 0 unspecified atom stereocenters. The lowest BCUT2D eigenvalue weighted by Crippen LogP contribution is -2.65. The summed E-state index contributed by atoms with van der Waals surface area (Å²) in [5, 5.41) is 15.4. The Hall–Kier alpha value is -5.41. The van der Waals surface area contributed by atoms with Gasteiger partial charge in [0.2, 0.25) is 17.5 Å². The molecule has 0 radical (unpaired) electrons. The summed E-state index contributed by atoms with van der Waals surface area (Å²) < 4.78 is 5.92. The molecule has 4 aromatic carbocycles. The number of carbonyl (C=O) groups is 5. The third kappa shape index (κ3) is 8.55. The van der Waals surface area contributed by atoms with Gasteiger partial charge in [0.15, 0.2) is 0 Å². The quantitative estimate of drug-likeness (QED) is 0.0882. The maximum atomic E-state index is 14.3. The molecule has 4 aromatic rings. The number of nitrogens with one attached hydrogen (secondary N) is 2. The number of hydrogen-bond acceptors (Lipinski definition) is 7. The van der Waals surface area contributed by atoms with Gasteiger partial charge in [-0.15, -0.1) is 0 Å². The molecule has 9 nitrogen and oxygen atoms in total. The van der Waals surface area contributed by atoms with Crippen molar-refractivity contribution in [1.29, 1.82) is 0 Å². The van der Waals surface area contributed by atoms with Crippen LogP contribution in [0.4, 0.5) is 0 Å². The van der Waals surface area contributed by atoms with Gasteiger partial charge in [0, 0.05) is 18.8 Å². The number of ether oxygens (including phenoxy) is 1. The van der Waals surface area contributed by atoms with Crippen molar-refractivity contribution in [3.63, 3.8) is 0 Å². The predicted molar refractivity (Wildman–Crippen MR) is 185 cm³/mol. The molecule has 1 heterocycles. The largest absolute Gasteiger partial charge is 0.478 e.